The average molecular weight is 495 g/mol. The zero-order valence-corrected chi connectivity index (χ0v) is 16.6. The number of benzene rings is 2. The van der Waals surface area contributed by atoms with Crippen LogP contribution in [0, 0.1) is 9.49 Å². The quantitative estimate of drug-likeness (QED) is 0.421. The number of halogens is 2. The summed E-state index contributed by atoms with van der Waals surface area (Å²) in [6.45, 7) is 0.838. The Hall–Kier alpha value is -1.05. The molecular formula is C19H16BrIN2O. The second-order valence-electron chi connectivity index (χ2n) is 6.50. The molecule has 0 radical (unpaired) electrons. The number of fused-ring (bicyclic) bond motifs is 4. The van der Waals surface area contributed by atoms with Gasteiger partial charge in [-0.2, -0.15) is 0 Å². The molecule has 0 aliphatic carbocycles. The fourth-order valence-corrected chi connectivity index (χ4v) is 5.18. The number of aromatic nitrogens is 1. The first-order valence-electron chi connectivity index (χ1n) is 8.15. The van der Waals surface area contributed by atoms with Gasteiger partial charge in [-0.05, 0) is 53.3 Å². The van der Waals surface area contributed by atoms with E-state index in [1.54, 1.807) is 0 Å². The molecule has 3 aromatic rings. The fraction of sp³-hybridized carbons (Fsp3) is 0.263. The minimum atomic E-state index is 0.193. The summed E-state index contributed by atoms with van der Waals surface area (Å²) in [7, 11) is 0. The van der Waals surface area contributed by atoms with Crippen molar-refractivity contribution in [3.05, 3.63) is 61.8 Å². The number of nitrogens with one attached hydrogen (secondary N) is 2. The van der Waals surface area contributed by atoms with Crippen molar-refractivity contribution >= 4 is 55.1 Å². The summed E-state index contributed by atoms with van der Waals surface area (Å²) in [5.41, 5.74) is 5.05. The molecule has 5 rings (SSSR count). The SMILES string of the molecule is Brc1ccc2[nH]cc(C3Nc4c(I)cccc4C4OCCC34)c2c1. The predicted molar refractivity (Wildman–Crippen MR) is 108 cm³/mol. The number of hydrogen-bond donors (Lipinski definition) is 2. The van der Waals surface area contributed by atoms with E-state index < -0.39 is 0 Å². The molecule has 1 aromatic heterocycles. The van der Waals surface area contributed by atoms with Crippen LogP contribution in [0.25, 0.3) is 10.9 Å². The number of anilines is 1. The van der Waals surface area contributed by atoms with Crippen molar-refractivity contribution in [3.63, 3.8) is 0 Å². The maximum Gasteiger partial charge on any atom is 0.0897 e. The highest BCUT2D eigenvalue weighted by Crippen LogP contribution is 2.51. The molecule has 5 heteroatoms. The highest BCUT2D eigenvalue weighted by atomic mass is 127. The van der Waals surface area contributed by atoms with Crippen molar-refractivity contribution < 1.29 is 4.74 Å². The number of rotatable bonds is 1. The Labute approximate surface area is 162 Å². The third-order valence-corrected chi connectivity index (χ3v) is 6.62. The van der Waals surface area contributed by atoms with Crippen LogP contribution in [0.1, 0.15) is 29.7 Å². The van der Waals surface area contributed by atoms with Crippen molar-refractivity contribution in [2.45, 2.75) is 18.6 Å². The van der Waals surface area contributed by atoms with Gasteiger partial charge in [-0.1, -0.05) is 28.1 Å². The van der Waals surface area contributed by atoms with Gasteiger partial charge in [0.15, 0.2) is 0 Å². The lowest BCUT2D eigenvalue weighted by Crippen LogP contribution is -2.29. The monoisotopic (exact) mass is 494 g/mol. The van der Waals surface area contributed by atoms with Gasteiger partial charge >= 0.3 is 0 Å². The molecule has 2 N–H and O–H groups in total. The summed E-state index contributed by atoms with van der Waals surface area (Å²) < 4.78 is 8.51. The van der Waals surface area contributed by atoms with E-state index >= 15 is 0 Å². The molecule has 0 bridgehead atoms. The van der Waals surface area contributed by atoms with E-state index in [9.17, 15) is 0 Å². The number of aromatic amines is 1. The normalized spacial score (nSPS) is 25.3. The molecular weight excluding hydrogens is 479 g/mol. The lowest BCUT2D eigenvalue weighted by molar-refractivity contribution is 0.0830. The Kier molecular flexibility index (Phi) is 3.64. The molecule has 1 saturated heterocycles. The van der Waals surface area contributed by atoms with E-state index in [1.807, 2.05) is 0 Å². The van der Waals surface area contributed by atoms with E-state index in [-0.39, 0.29) is 12.1 Å². The standard InChI is InChI=1S/C19H16BrIN2O/c20-10-4-5-16-13(8-10)14(9-22-16)17-12-6-7-24-19(12)11-2-1-3-15(21)18(11)23-17/h1-5,8-9,12,17,19,22-23H,6-7H2. The largest absolute Gasteiger partial charge is 0.377 e. The summed E-state index contributed by atoms with van der Waals surface area (Å²) in [5, 5.41) is 5.11. The van der Waals surface area contributed by atoms with Crippen molar-refractivity contribution in [1.82, 2.24) is 4.98 Å². The molecule has 3 atom stereocenters. The minimum absolute atomic E-state index is 0.193. The molecule has 0 saturated carbocycles. The van der Waals surface area contributed by atoms with Crippen LogP contribution in [0.4, 0.5) is 5.69 Å². The van der Waals surface area contributed by atoms with Gasteiger partial charge < -0.3 is 15.0 Å². The molecule has 2 aliphatic rings. The Morgan fingerprint density at radius 3 is 3.00 bits per heavy atom. The topological polar surface area (TPSA) is 37.0 Å². The van der Waals surface area contributed by atoms with Crippen LogP contribution in [0.15, 0.2) is 47.1 Å². The second kappa shape index (κ2) is 5.75. The van der Waals surface area contributed by atoms with Crippen LogP contribution in [0.3, 0.4) is 0 Å². The van der Waals surface area contributed by atoms with E-state index in [0.717, 1.165) is 17.5 Å². The molecule has 0 spiro atoms. The third-order valence-electron chi connectivity index (χ3n) is 5.23. The first-order valence-corrected chi connectivity index (χ1v) is 10.0. The molecule has 0 amide bonds. The summed E-state index contributed by atoms with van der Waals surface area (Å²) in [4.78, 5) is 3.43. The lowest BCUT2D eigenvalue weighted by atomic mass is 9.81. The van der Waals surface area contributed by atoms with Crippen molar-refractivity contribution in [3.8, 4) is 0 Å². The van der Waals surface area contributed by atoms with E-state index in [4.69, 9.17) is 4.74 Å². The molecule has 3 nitrogen and oxygen atoms in total. The Balaban J connectivity index is 1.68. The fourth-order valence-electron chi connectivity index (χ4n) is 4.14. The molecule has 1 fully saturated rings. The summed E-state index contributed by atoms with van der Waals surface area (Å²) in [6.07, 6.45) is 3.44. The van der Waals surface area contributed by atoms with Gasteiger partial charge in [0.25, 0.3) is 0 Å². The van der Waals surface area contributed by atoms with Crippen LogP contribution in [0.5, 0.6) is 0 Å². The maximum atomic E-state index is 6.14. The zero-order chi connectivity index (χ0) is 16.3. The van der Waals surface area contributed by atoms with Gasteiger partial charge in [0, 0.05) is 48.8 Å². The number of H-pyrrole nitrogens is 1. The highest BCUT2D eigenvalue weighted by molar-refractivity contribution is 14.1. The van der Waals surface area contributed by atoms with Gasteiger partial charge in [-0.15, -0.1) is 0 Å². The number of hydrogen-bond acceptors (Lipinski definition) is 2. The van der Waals surface area contributed by atoms with Gasteiger partial charge in [0.05, 0.1) is 17.8 Å². The van der Waals surface area contributed by atoms with Gasteiger partial charge in [0.2, 0.25) is 0 Å². The van der Waals surface area contributed by atoms with Crippen LogP contribution in [-0.2, 0) is 4.74 Å². The van der Waals surface area contributed by atoms with E-state index in [0.29, 0.717) is 5.92 Å². The number of ether oxygens (including phenoxy) is 1. The third kappa shape index (κ3) is 2.24. The molecule has 3 heterocycles. The average Bonchev–Trinajstić information content (AvgIpc) is 3.21. The summed E-state index contributed by atoms with van der Waals surface area (Å²) >= 11 is 6.02. The number of para-hydroxylation sites is 1. The minimum Gasteiger partial charge on any atom is -0.377 e. The van der Waals surface area contributed by atoms with Crippen molar-refractivity contribution in [1.29, 1.82) is 0 Å². The van der Waals surface area contributed by atoms with Gasteiger partial charge in [-0.3, -0.25) is 0 Å². The predicted octanol–water partition coefficient (Wildman–Crippen LogP) is 5.78. The molecule has 122 valence electrons. The van der Waals surface area contributed by atoms with Crippen LogP contribution < -0.4 is 5.32 Å². The summed E-state index contributed by atoms with van der Waals surface area (Å²) in [6, 6.07) is 13.2. The first kappa shape index (κ1) is 15.2. The molecule has 3 unspecified atom stereocenters. The van der Waals surface area contributed by atoms with E-state index in [2.05, 4.69) is 91.4 Å². The first-order chi connectivity index (χ1) is 11.7. The molecule has 24 heavy (non-hydrogen) atoms. The van der Waals surface area contributed by atoms with Crippen LogP contribution in [0.2, 0.25) is 0 Å². The highest BCUT2D eigenvalue weighted by Gasteiger charge is 2.42. The molecule has 2 aliphatic heterocycles. The van der Waals surface area contributed by atoms with E-state index in [1.165, 1.54) is 31.3 Å². The van der Waals surface area contributed by atoms with Crippen LogP contribution in [-0.4, -0.2) is 11.6 Å². The van der Waals surface area contributed by atoms with Crippen molar-refractivity contribution in [2.75, 3.05) is 11.9 Å². The van der Waals surface area contributed by atoms with Gasteiger partial charge in [-0.25, -0.2) is 0 Å². The zero-order valence-electron chi connectivity index (χ0n) is 12.9. The Morgan fingerprint density at radius 1 is 1.17 bits per heavy atom. The lowest BCUT2D eigenvalue weighted by Gasteiger charge is -2.36. The molecule has 2 aromatic carbocycles. The van der Waals surface area contributed by atoms with Crippen LogP contribution >= 0.6 is 38.5 Å². The second-order valence-corrected chi connectivity index (χ2v) is 8.58. The van der Waals surface area contributed by atoms with Gasteiger partial charge in [0.1, 0.15) is 0 Å². The Bertz CT molecular complexity index is 938. The smallest absolute Gasteiger partial charge is 0.0897 e. The maximum absolute atomic E-state index is 6.14. The van der Waals surface area contributed by atoms with Crippen molar-refractivity contribution in [2.24, 2.45) is 5.92 Å². The Morgan fingerprint density at radius 2 is 2.08 bits per heavy atom. The summed E-state index contributed by atoms with van der Waals surface area (Å²) in [5.74, 6) is 0.466.